The quantitative estimate of drug-likeness (QED) is 0.791. The maximum Gasteiger partial charge on any atom is 0.146 e. The van der Waals surface area contributed by atoms with Crippen molar-refractivity contribution >= 4 is 21.6 Å². The van der Waals surface area contributed by atoms with E-state index in [0.717, 1.165) is 26.5 Å². The first-order chi connectivity index (χ1) is 9.38. The summed E-state index contributed by atoms with van der Waals surface area (Å²) in [5.41, 5.74) is 1.97. The molecule has 1 N–H and O–H groups in total. The molecule has 4 heteroatoms. The van der Waals surface area contributed by atoms with Gasteiger partial charge in [0.15, 0.2) is 0 Å². The zero-order valence-corrected chi connectivity index (χ0v) is 11.1. The number of hydrogen-bond acceptors (Lipinski definition) is 4. The highest BCUT2D eigenvalue weighted by molar-refractivity contribution is 7.21. The summed E-state index contributed by atoms with van der Waals surface area (Å²) in [6, 6.07) is 16.0. The number of thiazole rings is 1. The van der Waals surface area contributed by atoms with Crippen molar-refractivity contribution < 1.29 is 9.84 Å². The number of aliphatic hydroxyl groups is 1. The van der Waals surface area contributed by atoms with E-state index in [0.29, 0.717) is 0 Å². The van der Waals surface area contributed by atoms with Gasteiger partial charge in [-0.25, -0.2) is 4.98 Å². The highest BCUT2D eigenvalue weighted by Crippen LogP contribution is 2.34. The van der Waals surface area contributed by atoms with Gasteiger partial charge in [0.05, 0.1) is 11.3 Å². The molecule has 0 bridgehead atoms. The molecule has 1 aromatic heterocycles. The van der Waals surface area contributed by atoms with Gasteiger partial charge in [0.1, 0.15) is 22.9 Å². The molecule has 0 aliphatic heterocycles. The summed E-state index contributed by atoms with van der Waals surface area (Å²) < 4.78 is 6.60. The Labute approximate surface area is 115 Å². The predicted octanol–water partition coefficient (Wildman–Crippen LogP) is 3.33. The van der Waals surface area contributed by atoms with Crippen molar-refractivity contribution in [3.05, 3.63) is 48.5 Å². The van der Waals surface area contributed by atoms with Crippen LogP contribution >= 0.6 is 11.3 Å². The van der Waals surface area contributed by atoms with Gasteiger partial charge in [-0.3, -0.25) is 0 Å². The zero-order chi connectivity index (χ0) is 13.1. The van der Waals surface area contributed by atoms with Crippen LogP contribution in [0, 0.1) is 0 Å². The van der Waals surface area contributed by atoms with E-state index >= 15 is 0 Å². The average Bonchev–Trinajstić information content (AvgIpc) is 2.90. The number of hydrogen-bond donors (Lipinski definition) is 1. The van der Waals surface area contributed by atoms with Crippen LogP contribution in [0.15, 0.2) is 48.5 Å². The lowest BCUT2D eigenvalue weighted by Gasteiger charge is -2.03. The van der Waals surface area contributed by atoms with E-state index in [1.165, 1.54) is 0 Å². The fourth-order valence-electron chi connectivity index (χ4n) is 1.90. The normalized spacial score (nSPS) is 10.8. The second-order valence-electron chi connectivity index (χ2n) is 4.06. The minimum absolute atomic E-state index is 0.00602. The zero-order valence-electron chi connectivity index (χ0n) is 10.2. The minimum Gasteiger partial charge on any atom is -0.489 e. The van der Waals surface area contributed by atoms with Crippen LogP contribution < -0.4 is 4.74 Å². The Balaban J connectivity index is 2.05. The third-order valence-electron chi connectivity index (χ3n) is 2.75. The van der Waals surface area contributed by atoms with Crippen LogP contribution in [-0.4, -0.2) is 23.3 Å². The second kappa shape index (κ2) is 5.38. The number of para-hydroxylation sites is 1. The van der Waals surface area contributed by atoms with Gasteiger partial charge in [0.2, 0.25) is 0 Å². The number of aliphatic hydroxyl groups excluding tert-OH is 1. The van der Waals surface area contributed by atoms with Gasteiger partial charge in [0.25, 0.3) is 0 Å². The molecular formula is C15H13NO2S. The first-order valence-corrected chi connectivity index (χ1v) is 6.89. The molecule has 3 aromatic rings. The van der Waals surface area contributed by atoms with Gasteiger partial charge in [-0.1, -0.05) is 36.4 Å². The maximum absolute atomic E-state index is 8.84. The van der Waals surface area contributed by atoms with E-state index < -0.39 is 0 Å². The number of nitrogens with zero attached hydrogens (tertiary/aromatic N) is 1. The molecule has 0 unspecified atom stereocenters. The lowest BCUT2D eigenvalue weighted by atomic mass is 10.2. The number of rotatable bonds is 4. The summed E-state index contributed by atoms with van der Waals surface area (Å²) in [6.07, 6.45) is 0. The summed E-state index contributed by atoms with van der Waals surface area (Å²) in [6.45, 7) is 0.295. The molecule has 96 valence electrons. The topological polar surface area (TPSA) is 42.4 Å². The smallest absolute Gasteiger partial charge is 0.146 e. The summed E-state index contributed by atoms with van der Waals surface area (Å²) >= 11 is 1.64. The third kappa shape index (κ3) is 2.45. The van der Waals surface area contributed by atoms with E-state index in [4.69, 9.17) is 9.84 Å². The van der Waals surface area contributed by atoms with Crippen LogP contribution in [0.4, 0.5) is 0 Å². The van der Waals surface area contributed by atoms with Crippen LogP contribution in [0.5, 0.6) is 5.75 Å². The molecule has 0 saturated heterocycles. The fraction of sp³-hybridized carbons (Fsp3) is 0.133. The van der Waals surface area contributed by atoms with Crippen molar-refractivity contribution in [2.75, 3.05) is 13.2 Å². The second-order valence-corrected chi connectivity index (χ2v) is 5.09. The predicted molar refractivity (Wildman–Crippen MR) is 77.6 cm³/mol. The third-order valence-corrected chi connectivity index (χ3v) is 3.82. The van der Waals surface area contributed by atoms with E-state index in [1.54, 1.807) is 11.3 Å². The molecule has 0 saturated carbocycles. The molecule has 0 amide bonds. The Kier molecular flexibility index (Phi) is 3.44. The monoisotopic (exact) mass is 271 g/mol. The maximum atomic E-state index is 8.84. The summed E-state index contributed by atoms with van der Waals surface area (Å²) in [5.74, 6) is 0.727. The molecule has 3 rings (SSSR count). The van der Waals surface area contributed by atoms with Crippen molar-refractivity contribution in [1.29, 1.82) is 0 Å². The lowest BCUT2D eigenvalue weighted by Crippen LogP contribution is -2.01. The van der Waals surface area contributed by atoms with Crippen LogP contribution in [0.3, 0.4) is 0 Å². The Hall–Kier alpha value is -1.91. The summed E-state index contributed by atoms with van der Waals surface area (Å²) in [4.78, 5) is 4.65. The Morgan fingerprint density at radius 2 is 1.89 bits per heavy atom. The molecule has 0 aliphatic rings. The van der Waals surface area contributed by atoms with Crippen molar-refractivity contribution in [3.8, 4) is 16.3 Å². The molecule has 1 heterocycles. The number of benzene rings is 2. The number of fused-ring (bicyclic) bond motifs is 1. The summed E-state index contributed by atoms with van der Waals surface area (Å²) in [7, 11) is 0. The highest BCUT2D eigenvalue weighted by Gasteiger charge is 2.10. The Bertz CT molecular complexity index is 679. The first kappa shape index (κ1) is 12.1. The van der Waals surface area contributed by atoms with Gasteiger partial charge in [0, 0.05) is 5.56 Å². The van der Waals surface area contributed by atoms with Crippen LogP contribution in [0.1, 0.15) is 0 Å². The Morgan fingerprint density at radius 1 is 1.05 bits per heavy atom. The van der Waals surface area contributed by atoms with Gasteiger partial charge in [-0.2, -0.15) is 0 Å². The molecular weight excluding hydrogens is 258 g/mol. The van der Waals surface area contributed by atoms with E-state index in [-0.39, 0.29) is 13.2 Å². The standard InChI is InChI=1S/C15H13NO2S/c17-9-10-18-12-7-4-8-13-14(12)16-15(19-13)11-5-2-1-3-6-11/h1-8,17H,9-10H2. The molecule has 0 aliphatic carbocycles. The molecule has 0 atom stereocenters. The van der Waals surface area contributed by atoms with Gasteiger partial charge < -0.3 is 9.84 Å². The van der Waals surface area contributed by atoms with Crippen molar-refractivity contribution in [2.24, 2.45) is 0 Å². The van der Waals surface area contributed by atoms with E-state index in [9.17, 15) is 0 Å². The van der Waals surface area contributed by atoms with Crippen molar-refractivity contribution in [1.82, 2.24) is 4.98 Å². The molecule has 0 radical (unpaired) electrons. The van der Waals surface area contributed by atoms with Crippen LogP contribution in [-0.2, 0) is 0 Å². The van der Waals surface area contributed by atoms with Gasteiger partial charge in [-0.15, -0.1) is 11.3 Å². The van der Waals surface area contributed by atoms with Crippen LogP contribution in [0.25, 0.3) is 20.8 Å². The number of aromatic nitrogens is 1. The van der Waals surface area contributed by atoms with E-state index in [1.807, 2.05) is 48.5 Å². The largest absolute Gasteiger partial charge is 0.489 e. The molecule has 0 fully saturated rings. The average molecular weight is 271 g/mol. The van der Waals surface area contributed by atoms with Crippen molar-refractivity contribution in [3.63, 3.8) is 0 Å². The van der Waals surface area contributed by atoms with Crippen molar-refractivity contribution in [2.45, 2.75) is 0 Å². The molecule has 0 spiro atoms. The SMILES string of the molecule is OCCOc1cccc2sc(-c3ccccc3)nc12. The fourth-order valence-corrected chi connectivity index (χ4v) is 2.89. The van der Waals surface area contributed by atoms with Gasteiger partial charge >= 0.3 is 0 Å². The van der Waals surface area contributed by atoms with E-state index in [2.05, 4.69) is 4.98 Å². The molecule has 2 aromatic carbocycles. The molecule has 3 nitrogen and oxygen atoms in total. The summed E-state index contributed by atoms with van der Waals surface area (Å²) in [5, 5.41) is 9.82. The van der Waals surface area contributed by atoms with Crippen LogP contribution in [0.2, 0.25) is 0 Å². The number of ether oxygens (including phenoxy) is 1. The van der Waals surface area contributed by atoms with Gasteiger partial charge in [-0.05, 0) is 12.1 Å². The molecule has 19 heavy (non-hydrogen) atoms. The highest BCUT2D eigenvalue weighted by atomic mass is 32.1. The lowest BCUT2D eigenvalue weighted by molar-refractivity contribution is 0.202. The first-order valence-electron chi connectivity index (χ1n) is 6.07. The minimum atomic E-state index is 0.00602. The Morgan fingerprint density at radius 3 is 2.68 bits per heavy atom.